The molecule has 1 atom stereocenters. The number of nitrogens with two attached hydrogens (primary N) is 2. The highest BCUT2D eigenvalue weighted by molar-refractivity contribution is 5.86. The maximum Gasteiger partial charge on any atom is 0.240 e. The number of carbonyl (C=O) groups is 1. The summed E-state index contributed by atoms with van der Waals surface area (Å²) in [6.07, 6.45) is 7.40. The van der Waals surface area contributed by atoms with Crippen LogP contribution in [0, 0.1) is 5.92 Å². The highest BCUT2D eigenvalue weighted by Gasteiger charge is 2.36. The Bertz CT molecular complexity index is 257. The van der Waals surface area contributed by atoms with Crippen LogP contribution < -0.4 is 16.8 Å². The molecule has 0 heterocycles. The van der Waals surface area contributed by atoms with Crippen LogP contribution in [0.25, 0.3) is 0 Å². The van der Waals surface area contributed by atoms with E-state index >= 15 is 0 Å². The maximum absolute atomic E-state index is 12.0. The molecule has 0 radical (unpaired) electrons. The predicted molar refractivity (Wildman–Crippen MR) is 63.7 cm³/mol. The van der Waals surface area contributed by atoms with Crippen molar-refractivity contribution in [3.8, 4) is 0 Å². The minimum absolute atomic E-state index is 0.00306. The van der Waals surface area contributed by atoms with E-state index in [1.54, 1.807) is 0 Å². The SMILES string of the molecule is NC(CNC(=O)C1(N)CCCCC1)C1CC1. The predicted octanol–water partition coefficient (Wildman–Crippen LogP) is 0.502. The molecule has 2 fully saturated rings. The third-order valence-electron chi connectivity index (χ3n) is 3.92. The van der Waals surface area contributed by atoms with Gasteiger partial charge in [0.2, 0.25) is 5.91 Å². The topological polar surface area (TPSA) is 81.1 Å². The fourth-order valence-corrected chi connectivity index (χ4v) is 2.49. The Balaban J connectivity index is 1.77. The van der Waals surface area contributed by atoms with Crippen molar-refractivity contribution >= 4 is 5.91 Å². The number of nitrogens with one attached hydrogen (secondary N) is 1. The first-order valence-electron chi connectivity index (χ1n) is 6.44. The van der Waals surface area contributed by atoms with E-state index in [9.17, 15) is 4.79 Å². The summed E-state index contributed by atoms with van der Waals surface area (Å²) < 4.78 is 0. The molecule has 5 N–H and O–H groups in total. The van der Waals surface area contributed by atoms with Gasteiger partial charge in [-0.3, -0.25) is 4.79 Å². The molecular weight excluding hydrogens is 202 g/mol. The van der Waals surface area contributed by atoms with Gasteiger partial charge in [-0.1, -0.05) is 19.3 Å². The first kappa shape index (κ1) is 11.9. The Labute approximate surface area is 97.1 Å². The number of rotatable bonds is 4. The van der Waals surface area contributed by atoms with Crippen LogP contribution in [-0.2, 0) is 4.79 Å². The van der Waals surface area contributed by atoms with Gasteiger partial charge in [0.15, 0.2) is 0 Å². The number of hydrogen-bond acceptors (Lipinski definition) is 3. The summed E-state index contributed by atoms with van der Waals surface area (Å²) in [5.74, 6) is 0.628. The van der Waals surface area contributed by atoms with E-state index in [1.807, 2.05) is 0 Å². The molecule has 2 aliphatic rings. The Kier molecular flexibility index (Phi) is 3.50. The average Bonchev–Trinajstić information content (AvgIpc) is 3.10. The zero-order chi connectivity index (χ0) is 11.6. The summed E-state index contributed by atoms with van der Waals surface area (Å²) in [6.45, 7) is 0.586. The van der Waals surface area contributed by atoms with Crippen molar-refractivity contribution in [2.45, 2.75) is 56.5 Å². The first-order chi connectivity index (χ1) is 7.62. The third kappa shape index (κ3) is 2.74. The highest BCUT2D eigenvalue weighted by Crippen LogP contribution is 2.31. The van der Waals surface area contributed by atoms with Gasteiger partial charge < -0.3 is 16.8 Å². The molecule has 0 aliphatic heterocycles. The van der Waals surface area contributed by atoms with Crippen LogP contribution >= 0.6 is 0 Å². The number of carbonyl (C=O) groups excluding carboxylic acids is 1. The number of hydrogen-bond donors (Lipinski definition) is 3. The van der Waals surface area contributed by atoms with Crippen molar-refractivity contribution in [2.75, 3.05) is 6.54 Å². The fraction of sp³-hybridized carbons (Fsp3) is 0.917. The van der Waals surface area contributed by atoms with Crippen molar-refractivity contribution in [2.24, 2.45) is 17.4 Å². The molecule has 92 valence electrons. The van der Waals surface area contributed by atoms with Crippen LogP contribution in [0.1, 0.15) is 44.9 Å². The zero-order valence-corrected chi connectivity index (χ0v) is 9.87. The molecule has 0 bridgehead atoms. The lowest BCUT2D eigenvalue weighted by atomic mass is 9.82. The van der Waals surface area contributed by atoms with E-state index in [0.717, 1.165) is 25.7 Å². The van der Waals surface area contributed by atoms with Crippen LogP contribution in [0.4, 0.5) is 0 Å². The lowest BCUT2D eigenvalue weighted by Gasteiger charge is -2.32. The Morgan fingerprint density at radius 3 is 2.50 bits per heavy atom. The molecular formula is C12H23N3O. The summed E-state index contributed by atoms with van der Waals surface area (Å²) in [5, 5.41) is 2.93. The van der Waals surface area contributed by atoms with Gasteiger partial charge in [-0.25, -0.2) is 0 Å². The molecule has 1 unspecified atom stereocenters. The second-order valence-corrected chi connectivity index (χ2v) is 5.43. The van der Waals surface area contributed by atoms with Crippen LogP contribution in [0.15, 0.2) is 0 Å². The standard InChI is InChI=1S/C12H23N3O/c13-10(9-4-5-9)8-15-11(16)12(14)6-2-1-3-7-12/h9-10H,1-8,13-14H2,(H,15,16). The molecule has 4 nitrogen and oxygen atoms in total. The molecule has 0 saturated heterocycles. The fourth-order valence-electron chi connectivity index (χ4n) is 2.49. The highest BCUT2D eigenvalue weighted by atomic mass is 16.2. The maximum atomic E-state index is 12.0. The van der Waals surface area contributed by atoms with Gasteiger partial charge in [0.25, 0.3) is 0 Å². The van der Waals surface area contributed by atoms with Gasteiger partial charge >= 0.3 is 0 Å². The zero-order valence-electron chi connectivity index (χ0n) is 9.87. The molecule has 2 rings (SSSR count). The molecule has 2 aliphatic carbocycles. The minimum Gasteiger partial charge on any atom is -0.353 e. The van der Waals surface area contributed by atoms with Crippen molar-refractivity contribution in [3.05, 3.63) is 0 Å². The van der Waals surface area contributed by atoms with Crippen molar-refractivity contribution in [3.63, 3.8) is 0 Å². The normalized spacial score (nSPS) is 26.1. The molecule has 0 aromatic carbocycles. The smallest absolute Gasteiger partial charge is 0.240 e. The molecule has 0 aromatic heterocycles. The first-order valence-corrected chi connectivity index (χ1v) is 6.44. The molecule has 4 heteroatoms. The quantitative estimate of drug-likeness (QED) is 0.651. The van der Waals surface area contributed by atoms with E-state index in [-0.39, 0.29) is 11.9 Å². The number of amides is 1. The molecule has 2 saturated carbocycles. The second-order valence-electron chi connectivity index (χ2n) is 5.43. The minimum atomic E-state index is -0.623. The van der Waals surface area contributed by atoms with Crippen LogP contribution in [0.3, 0.4) is 0 Å². The van der Waals surface area contributed by atoms with Gasteiger partial charge in [-0.15, -0.1) is 0 Å². The van der Waals surface area contributed by atoms with Gasteiger partial charge in [0.1, 0.15) is 0 Å². The van der Waals surface area contributed by atoms with E-state index in [4.69, 9.17) is 11.5 Å². The second kappa shape index (κ2) is 4.72. The van der Waals surface area contributed by atoms with Crippen LogP contribution in [0.2, 0.25) is 0 Å². The van der Waals surface area contributed by atoms with Gasteiger partial charge in [0, 0.05) is 12.6 Å². The van der Waals surface area contributed by atoms with E-state index in [1.165, 1.54) is 19.3 Å². The summed E-state index contributed by atoms with van der Waals surface area (Å²) in [7, 11) is 0. The average molecular weight is 225 g/mol. The molecule has 1 amide bonds. The summed E-state index contributed by atoms with van der Waals surface area (Å²) in [6, 6.07) is 0.121. The van der Waals surface area contributed by atoms with E-state index in [0.29, 0.717) is 12.5 Å². The Morgan fingerprint density at radius 1 is 1.31 bits per heavy atom. The Hall–Kier alpha value is -0.610. The third-order valence-corrected chi connectivity index (χ3v) is 3.92. The summed E-state index contributed by atoms with van der Waals surface area (Å²) in [5.41, 5.74) is 11.4. The lowest BCUT2D eigenvalue weighted by Crippen LogP contribution is -2.56. The van der Waals surface area contributed by atoms with Gasteiger partial charge in [-0.2, -0.15) is 0 Å². The lowest BCUT2D eigenvalue weighted by molar-refractivity contribution is -0.127. The largest absolute Gasteiger partial charge is 0.353 e. The van der Waals surface area contributed by atoms with Crippen molar-refractivity contribution in [1.82, 2.24) is 5.32 Å². The summed E-state index contributed by atoms with van der Waals surface area (Å²) >= 11 is 0. The van der Waals surface area contributed by atoms with E-state index < -0.39 is 5.54 Å². The molecule has 0 aromatic rings. The van der Waals surface area contributed by atoms with E-state index in [2.05, 4.69) is 5.32 Å². The monoisotopic (exact) mass is 225 g/mol. The van der Waals surface area contributed by atoms with Crippen molar-refractivity contribution < 1.29 is 4.79 Å². The molecule has 16 heavy (non-hydrogen) atoms. The molecule has 0 spiro atoms. The summed E-state index contributed by atoms with van der Waals surface area (Å²) in [4.78, 5) is 12.0. The van der Waals surface area contributed by atoms with Crippen LogP contribution in [0.5, 0.6) is 0 Å². The van der Waals surface area contributed by atoms with Gasteiger partial charge in [-0.05, 0) is 31.6 Å². The van der Waals surface area contributed by atoms with Crippen molar-refractivity contribution in [1.29, 1.82) is 0 Å². The van der Waals surface area contributed by atoms with Gasteiger partial charge in [0.05, 0.1) is 5.54 Å². The van der Waals surface area contributed by atoms with Crippen LogP contribution in [-0.4, -0.2) is 24.0 Å². The Morgan fingerprint density at radius 2 is 1.94 bits per heavy atom.